The molecule has 0 fully saturated rings. The second-order valence-electron chi connectivity index (χ2n) is 3.87. The van der Waals surface area contributed by atoms with Crippen molar-refractivity contribution in [3.05, 3.63) is 0 Å². The van der Waals surface area contributed by atoms with E-state index in [2.05, 4.69) is 6.92 Å². The molecule has 0 aromatic carbocycles. The van der Waals surface area contributed by atoms with Crippen molar-refractivity contribution in [3.8, 4) is 0 Å². The van der Waals surface area contributed by atoms with Gasteiger partial charge >= 0.3 is 5.97 Å². The van der Waals surface area contributed by atoms with E-state index in [-0.39, 0.29) is 12.2 Å². The molecule has 0 saturated heterocycles. The van der Waals surface area contributed by atoms with E-state index >= 15 is 0 Å². The van der Waals surface area contributed by atoms with Gasteiger partial charge in [0.25, 0.3) is 0 Å². The number of ether oxygens (including phenoxy) is 1. The van der Waals surface area contributed by atoms with Gasteiger partial charge in [0.15, 0.2) is 0 Å². The molecular weight excluding hydrogens is 192 g/mol. The summed E-state index contributed by atoms with van der Waals surface area (Å²) < 4.78 is 4.90. The molecule has 0 aliphatic carbocycles. The highest BCUT2D eigenvalue weighted by Crippen LogP contribution is 2.05. The van der Waals surface area contributed by atoms with Crippen LogP contribution in [0, 0.1) is 0 Å². The fraction of sp³-hybridized carbons (Fsp3) is 0.833. The van der Waals surface area contributed by atoms with Crippen LogP contribution in [0.3, 0.4) is 0 Å². The Bertz CT molecular complexity index is 187. The van der Waals surface area contributed by atoms with E-state index in [1.54, 1.807) is 0 Å². The van der Waals surface area contributed by atoms with Crippen molar-refractivity contribution in [3.63, 3.8) is 0 Å². The molecule has 0 spiro atoms. The highest BCUT2D eigenvalue weighted by molar-refractivity contribution is 5.94. The SMILES string of the molecule is CCCCCCCCOC(=O)CC(C)=O. The molecule has 0 N–H and O–H groups in total. The van der Waals surface area contributed by atoms with Crippen molar-refractivity contribution in [1.29, 1.82) is 0 Å². The summed E-state index contributed by atoms with van der Waals surface area (Å²) in [7, 11) is 0. The van der Waals surface area contributed by atoms with Crippen LogP contribution in [-0.4, -0.2) is 18.4 Å². The summed E-state index contributed by atoms with van der Waals surface area (Å²) in [4.78, 5) is 21.5. The first kappa shape index (κ1) is 14.1. The lowest BCUT2D eigenvalue weighted by Gasteiger charge is -2.03. The van der Waals surface area contributed by atoms with Crippen LogP contribution in [0.4, 0.5) is 0 Å². The standard InChI is InChI=1S/C12H22O3/c1-3-4-5-6-7-8-9-15-12(14)10-11(2)13/h3-10H2,1-2H3. The molecule has 0 bridgehead atoms. The molecule has 0 radical (unpaired) electrons. The van der Waals surface area contributed by atoms with Crippen molar-refractivity contribution < 1.29 is 14.3 Å². The third-order valence-corrected chi connectivity index (χ3v) is 2.15. The van der Waals surface area contributed by atoms with Crippen LogP contribution in [0.2, 0.25) is 0 Å². The summed E-state index contributed by atoms with van der Waals surface area (Å²) in [6.07, 6.45) is 6.92. The number of unbranched alkanes of at least 4 members (excludes halogenated alkanes) is 5. The Hall–Kier alpha value is -0.860. The van der Waals surface area contributed by atoms with E-state index in [1.807, 2.05) is 0 Å². The van der Waals surface area contributed by atoms with Gasteiger partial charge in [-0.05, 0) is 13.3 Å². The van der Waals surface area contributed by atoms with Crippen LogP contribution in [-0.2, 0) is 14.3 Å². The van der Waals surface area contributed by atoms with Crippen molar-refractivity contribution in [1.82, 2.24) is 0 Å². The first-order chi connectivity index (χ1) is 7.16. The number of carbonyl (C=O) groups excluding carboxylic acids is 2. The molecule has 15 heavy (non-hydrogen) atoms. The van der Waals surface area contributed by atoms with Crippen LogP contribution in [0.1, 0.15) is 58.8 Å². The minimum atomic E-state index is -0.393. The predicted molar refractivity (Wildman–Crippen MR) is 59.6 cm³/mol. The third-order valence-electron chi connectivity index (χ3n) is 2.15. The minimum Gasteiger partial charge on any atom is -0.465 e. The zero-order valence-corrected chi connectivity index (χ0v) is 9.88. The zero-order valence-electron chi connectivity index (χ0n) is 9.88. The zero-order chi connectivity index (χ0) is 11.5. The van der Waals surface area contributed by atoms with E-state index < -0.39 is 5.97 Å². The molecule has 88 valence electrons. The van der Waals surface area contributed by atoms with Gasteiger partial charge < -0.3 is 4.74 Å². The van der Waals surface area contributed by atoms with E-state index in [4.69, 9.17) is 4.74 Å². The van der Waals surface area contributed by atoms with Crippen molar-refractivity contribution in [2.45, 2.75) is 58.8 Å². The van der Waals surface area contributed by atoms with Gasteiger partial charge in [-0.25, -0.2) is 0 Å². The Morgan fingerprint density at radius 2 is 1.60 bits per heavy atom. The maximum atomic E-state index is 10.9. The quantitative estimate of drug-likeness (QED) is 0.337. The Labute approximate surface area is 92.2 Å². The molecular formula is C12H22O3. The minimum absolute atomic E-state index is 0.0875. The second kappa shape index (κ2) is 9.69. The molecule has 0 saturated carbocycles. The predicted octanol–water partition coefficient (Wildman–Crippen LogP) is 2.87. The van der Waals surface area contributed by atoms with Gasteiger partial charge in [-0.3, -0.25) is 9.59 Å². The summed E-state index contributed by atoms with van der Waals surface area (Å²) in [5, 5.41) is 0. The normalized spacial score (nSPS) is 10.0. The number of hydrogen-bond acceptors (Lipinski definition) is 3. The lowest BCUT2D eigenvalue weighted by Crippen LogP contribution is -2.09. The lowest BCUT2D eigenvalue weighted by molar-refractivity contribution is -0.145. The van der Waals surface area contributed by atoms with E-state index in [9.17, 15) is 9.59 Å². The smallest absolute Gasteiger partial charge is 0.313 e. The maximum absolute atomic E-state index is 10.9. The first-order valence-electron chi connectivity index (χ1n) is 5.82. The molecule has 0 unspecified atom stereocenters. The van der Waals surface area contributed by atoms with Gasteiger partial charge in [0.05, 0.1) is 6.61 Å². The maximum Gasteiger partial charge on any atom is 0.313 e. The monoisotopic (exact) mass is 214 g/mol. The Morgan fingerprint density at radius 1 is 1.00 bits per heavy atom. The highest BCUT2D eigenvalue weighted by atomic mass is 16.5. The fourth-order valence-corrected chi connectivity index (χ4v) is 1.32. The molecule has 0 rings (SSSR count). The third kappa shape index (κ3) is 11.1. The molecule has 0 aliphatic rings. The molecule has 3 nitrogen and oxygen atoms in total. The van der Waals surface area contributed by atoms with Gasteiger partial charge in [0, 0.05) is 0 Å². The van der Waals surface area contributed by atoms with Crippen LogP contribution in [0.5, 0.6) is 0 Å². The molecule has 0 atom stereocenters. The van der Waals surface area contributed by atoms with Crippen LogP contribution in [0.25, 0.3) is 0 Å². The van der Waals surface area contributed by atoms with Gasteiger partial charge in [-0.15, -0.1) is 0 Å². The largest absolute Gasteiger partial charge is 0.465 e. The fourth-order valence-electron chi connectivity index (χ4n) is 1.32. The van der Waals surface area contributed by atoms with Gasteiger partial charge in [0.1, 0.15) is 12.2 Å². The van der Waals surface area contributed by atoms with Gasteiger partial charge in [-0.1, -0.05) is 39.0 Å². The lowest BCUT2D eigenvalue weighted by atomic mass is 10.1. The number of Topliss-reactive ketones (excluding diaryl/α,β-unsaturated/α-hetero) is 1. The number of rotatable bonds is 9. The average Bonchev–Trinajstić information content (AvgIpc) is 2.15. The number of carbonyl (C=O) groups is 2. The Balaban J connectivity index is 3.16. The molecule has 0 heterocycles. The molecule has 0 aromatic heterocycles. The molecule has 3 heteroatoms. The highest BCUT2D eigenvalue weighted by Gasteiger charge is 2.05. The van der Waals surface area contributed by atoms with E-state index in [0.29, 0.717) is 6.61 Å². The Morgan fingerprint density at radius 3 is 2.20 bits per heavy atom. The summed E-state index contributed by atoms with van der Waals surface area (Å²) in [6.45, 7) is 4.04. The van der Waals surface area contributed by atoms with Gasteiger partial charge in [-0.2, -0.15) is 0 Å². The van der Waals surface area contributed by atoms with Crippen molar-refractivity contribution in [2.24, 2.45) is 0 Å². The first-order valence-corrected chi connectivity index (χ1v) is 5.82. The Kier molecular flexibility index (Phi) is 9.13. The summed E-state index contributed by atoms with van der Waals surface area (Å²) in [5.74, 6) is -0.529. The molecule has 0 amide bonds. The van der Waals surface area contributed by atoms with Crippen LogP contribution in [0.15, 0.2) is 0 Å². The molecule has 0 aliphatic heterocycles. The van der Waals surface area contributed by atoms with Crippen LogP contribution >= 0.6 is 0 Å². The average molecular weight is 214 g/mol. The summed E-state index contributed by atoms with van der Waals surface area (Å²) >= 11 is 0. The number of ketones is 1. The van der Waals surface area contributed by atoms with Crippen LogP contribution < -0.4 is 0 Å². The van der Waals surface area contributed by atoms with E-state index in [0.717, 1.165) is 12.8 Å². The number of hydrogen-bond donors (Lipinski definition) is 0. The van der Waals surface area contributed by atoms with Crippen molar-refractivity contribution in [2.75, 3.05) is 6.61 Å². The topological polar surface area (TPSA) is 43.4 Å². The second-order valence-corrected chi connectivity index (χ2v) is 3.87. The van der Waals surface area contributed by atoms with E-state index in [1.165, 1.54) is 32.6 Å². The van der Waals surface area contributed by atoms with Gasteiger partial charge in [0.2, 0.25) is 0 Å². The van der Waals surface area contributed by atoms with Crippen molar-refractivity contribution >= 4 is 11.8 Å². The summed E-state index contributed by atoms with van der Waals surface area (Å²) in [5.41, 5.74) is 0. The molecule has 0 aromatic rings. The number of esters is 1. The summed E-state index contributed by atoms with van der Waals surface area (Å²) in [6, 6.07) is 0.